The molecule has 2 amide bonds. The molecule has 1 aliphatic heterocycles. The van der Waals surface area contributed by atoms with Crippen molar-refractivity contribution >= 4 is 11.8 Å². The average molecular weight is 458 g/mol. The normalized spacial score (nSPS) is 17.4. The molecule has 0 unspecified atom stereocenters. The lowest BCUT2D eigenvalue weighted by atomic mass is 9.84. The van der Waals surface area contributed by atoms with E-state index in [1.54, 1.807) is 18.7 Å². The third-order valence-electron chi connectivity index (χ3n) is 7.02. The molecule has 176 valence electrons. The first-order valence-electron chi connectivity index (χ1n) is 12.2. The van der Waals surface area contributed by atoms with E-state index in [0.29, 0.717) is 18.2 Å². The minimum absolute atomic E-state index is 0.0302. The summed E-state index contributed by atoms with van der Waals surface area (Å²) in [7, 11) is 0. The number of hydrogen-bond acceptors (Lipinski definition) is 4. The second-order valence-electron chi connectivity index (χ2n) is 9.37. The Labute approximate surface area is 200 Å². The maximum Gasteiger partial charge on any atom is 0.272 e. The van der Waals surface area contributed by atoms with Gasteiger partial charge in [-0.15, -0.1) is 0 Å². The number of imidazole rings is 1. The Kier molecular flexibility index (Phi) is 6.70. The Bertz CT molecular complexity index is 1070. The predicted molar refractivity (Wildman–Crippen MR) is 129 cm³/mol. The van der Waals surface area contributed by atoms with E-state index in [2.05, 4.69) is 39.1 Å². The molecule has 2 aliphatic rings. The summed E-state index contributed by atoms with van der Waals surface area (Å²) in [6, 6.07) is 16.4. The summed E-state index contributed by atoms with van der Waals surface area (Å²) in [4.78, 5) is 38.9. The second-order valence-corrected chi connectivity index (χ2v) is 9.37. The Morgan fingerprint density at radius 2 is 1.74 bits per heavy atom. The molecule has 7 nitrogen and oxygen atoms in total. The number of benzene rings is 1. The van der Waals surface area contributed by atoms with Crippen LogP contribution in [-0.2, 0) is 17.8 Å². The molecule has 5 rings (SSSR count). The molecule has 1 aliphatic carbocycles. The van der Waals surface area contributed by atoms with Crippen LogP contribution in [0.25, 0.3) is 0 Å². The van der Waals surface area contributed by atoms with Crippen LogP contribution in [0.15, 0.2) is 73.4 Å². The van der Waals surface area contributed by atoms with Crippen molar-refractivity contribution in [3.8, 4) is 0 Å². The molecule has 0 radical (unpaired) electrons. The highest BCUT2D eigenvalue weighted by Gasteiger charge is 2.42. The van der Waals surface area contributed by atoms with Crippen molar-refractivity contribution in [2.45, 2.75) is 50.7 Å². The molecular weight excluding hydrogens is 426 g/mol. The predicted octanol–water partition coefficient (Wildman–Crippen LogP) is 3.43. The van der Waals surface area contributed by atoms with Gasteiger partial charge in [0.2, 0.25) is 5.91 Å². The zero-order valence-corrected chi connectivity index (χ0v) is 19.4. The lowest BCUT2D eigenvalue weighted by Crippen LogP contribution is -2.51. The van der Waals surface area contributed by atoms with Gasteiger partial charge >= 0.3 is 0 Å². The molecule has 0 N–H and O–H groups in total. The van der Waals surface area contributed by atoms with Gasteiger partial charge in [-0.3, -0.25) is 14.6 Å². The van der Waals surface area contributed by atoms with Gasteiger partial charge in [-0.05, 0) is 55.7 Å². The maximum absolute atomic E-state index is 13.6. The van der Waals surface area contributed by atoms with Crippen molar-refractivity contribution in [3.05, 3.63) is 84.7 Å². The summed E-state index contributed by atoms with van der Waals surface area (Å²) in [5.41, 5.74) is 1.76. The number of carbonyl (C=O) groups is 2. The lowest BCUT2D eigenvalue weighted by Gasteiger charge is -2.41. The number of piperidine rings is 1. The van der Waals surface area contributed by atoms with Gasteiger partial charge in [0.1, 0.15) is 12.2 Å². The van der Waals surface area contributed by atoms with E-state index >= 15 is 0 Å². The first-order chi connectivity index (χ1) is 16.7. The zero-order valence-electron chi connectivity index (χ0n) is 19.4. The molecule has 3 aromatic rings. The van der Waals surface area contributed by atoms with Gasteiger partial charge in [-0.2, -0.15) is 0 Å². The zero-order chi connectivity index (χ0) is 23.3. The summed E-state index contributed by atoms with van der Waals surface area (Å²) >= 11 is 0. The van der Waals surface area contributed by atoms with Gasteiger partial charge in [0, 0.05) is 43.8 Å². The SMILES string of the molecule is O=C(Cn1ccnc1)N1CCC([C@@H](Cc2ccccc2)N(C(=O)c2ccccn2)C2CC2)CC1. The monoisotopic (exact) mass is 457 g/mol. The molecule has 7 heteroatoms. The summed E-state index contributed by atoms with van der Waals surface area (Å²) < 4.78 is 1.81. The summed E-state index contributed by atoms with van der Waals surface area (Å²) in [6.07, 6.45) is 11.6. The number of carbonyl (C=O) groups excluding carboxylic acids is 2. The fourth-order valence-corrected chi connectivity index (χ4v) is 5.08. The van der Waals surface area contributed by atoms with Crippen LogP contribution < -0.4 is 0 Å². The maximum atomic E-state index is 13.6. The van der Waals surface area contributed by atoms with Crippen molar-refractivity contribution in [3.63, 3.8) is 0 Å². The summed E-state index contributed by atoms with van der Waals surface area (Å²) in [6.45, 7) is 1.77. The van der Waals surface area contributed by atoms with E-state index in [-0.39, 0.29) is 23.9 Å². The van der Waals surface area contributed by atoms with Crippen molar-refractivity contribution in [1.29, 1.82) is 0 Å². The third-order valence-corrected chi connectivity index (χ3v) is 7.02. The van der Waals surface area contributed by atoms with E-state index in [1.807, 2.05) is 39.9 Å². The number of hydrogen-bond donors (Lipinski definition) is 0. The van der Waals surface area contributed by atoms with E-state index in [9.17, 15) is 9.59 Å². The molecule has 1 atom stereocenters. The van der Waals surface area contributed by atoms with E-state index in [4.69, 9.17) is 0 Å². The minimum atomic E-state index is 0.0302. The van der Waals surface area contributed by atoms with Gasteiger partial charge in [-0.1, -0.05) is 36.4 Å². The summed E-state index contributed by atoms with van der Waals surface area (Å²) in [5.74, 6) is 0.494. The molecule has 2 aromatic heterocycles. The Hall–Kier alpha value is -3.48. The van der Waals surface area contributed by atoms with Crippen LogP contribution in [0.3, 0.4) is 0 Å². The number of nitrogens with zero attached hydrogens (tertiary/aromatic N) is 5. The highest BCUT2D eigenvalue weighted by Crippen LogP contribution is 2.36. The smallest absolute Gasteiger partial charge is 0.272 e. The molecule has 1 saturated heterocycles. The van der Waals surface area contributed by atoms with Gasteiger partial charge in [0.15, 0.2) is 0 Å². The molecule has 2 fully saturated rings. The standard InChI is InChI=1S/C27H31N5O2/c33-26(19-30-17-14-28-20-30)31-15-11-22(12-16-31)25(18-21-6-2-1-3-7-21)32(23-9-10-23)27(34)24-8-4-5-13-29-24/h1-8,13-14,17,20,22-23,25H,9-12,15-16,18-19H2/t25-/m1/s1. The highest BCUT2D eigenvalue weighted by molar-refractivity contribution is 5.93. The van der Waals surface area contributed by atoms with Crippen LogP contribution >= 0.6 is 0 Å². The van der Waals surface area contributed by atoms with Crippen molar-refractivity contribution in [2.24, 2.45) is 5.92 Å². The van der Waals surface area contributed by atoms with Crippen LogP contribution in [-0.4, -0.2) is 61.3 Å². The van der Waals surface area contributed by atoms with Gasteiger partial charge < -0.3 is 14.4 Å². The molecule has 34 heavy (non-hydrogen) atoms. The van der Waals surface area contributed by atoms with Crippen LogP contribution in [0.1, 0.15) is 41.7 Å². The van der Waals surface area contributed by atoms with E-state index < -0.39 is 0 Å². The molecule has 1 saturated carbocycles. The summed E-state index contributed by atoms with van der Waals surface area (Å²) in [5, 5.41) is 0. The van der Waals surface area contributed by atoms with Crippen LogP contribution in [0.5, 0.6) is 0 Å². The Morgan fingerprint density at radius 3 is 2.38 bits per heavy atom. The number of pyridine rings is 1. The number of likely N-dealkylation sites (tertiary alicyclic amines) is 1. The molecular formula is C27H31N5O2. The minimum Gasteiger partial charge on any atom is -0.341 e. The Balaban J connectivity index is 1.34. The number of rotatable bonds is 8. The molecule has 3 heterocycles. The highest BCUT2D eigenvalue weighted by atomic mass is 16.2. The molecule has 0 spiro atoms. The fraction of sp³-hybridized carbons (Fsp3) is 0.407. The second kappa shape index (κ2) is 10.2. The van der Waals surface area contributed by atoms with Crippen molar-refractivity contribution in [1.82, 2.24) is 24.3 Å². The van der Waals surface area contributed by atoms with E-state index in [0.717, 1.165) is 45.2 Å². The molecule has 1 aromatic carbocycles. The van der Waals surface area contributed by atoms with Gasteiger partial charge in [-0.25, -0.2) is 4.98 Å². The van der Waals surface area contributed by atoms with Crippen LogP contribution in [0, 0.1) is 5.92 Å². The largest absolute Gasteiger partial charge is 0.341 e. The van der Waals surface area contributed by atoms with Gasteiger partial charge in [0.05, 0.1) is 6.33 Å². The van der Waals surface area contributed by atoms with Gasteiger partial charge in [0.25, 0.3) is 5.91 Å². The quantitative estimate of drug-likeness (QED) is 0.520. The van der Waals surface area contributed by atoms with E-state index in [1.165, 1.54) is 5.56 Å². The topological polar surface area (TPSA) is 71.3 Å². The third kappa shape index (κ3) is 5.19. The lowest BCUT2D eigenvalue weighted by molar-refractivity contribution is -0.133. The van der Waals surface area contributed by atoms with Crippen LogP contribution in [0.2, 0.25) is 0 Å². The van der Waals surface area contributed by atoms with Crippen molar-refractivity contribution in [2.75, 3.05) is 13.1 Å². The molecule has 0 bridgehead atoms. The first kappa shape index (κ1) is 22.3. The Morgan fingerprint density at radius 1 is 0.971 bits per heavy atom. The van der Waals surface area contributed by atoms with Crippen molar-refractivity contribution < 1.29 is 9.59 Å². The fourth-order valence-electron chi connectivity index (χ4n) is 5.08. The van der Waals surface area contributed by atoms with Crippen LogP contribution in [0.4, 0.5) is 0 Å². The first-order valence-corrected chi connectivity index (χ1v) is 12.2. The average Bonchev–Trinajstić information content (AvgIpc) is 3.59. The number of amides is 2. The number of aromatic nitrogens is 3.